The third-order valence-corrected chi connectivity index (χ3v) is 3.95. The fourth-order valence-electron chi connectivity index (χ4n) is 3.15. The number of carbonyl (C=O) groups is 1. The number of amides is 1. The van der Waals surface area contributed by atoms with Crippen LogP contribution in [0.1, 0.15) is 41.0 Å². The molecule has 0 bridgehead atoms. The van der Waals surface area contributed by atoms with Gasteiger partial charge in [-0.3, -0.25) is 4.79 Å². The molecule has 114 valence electrons. The summed E-state index contributed by atoms with van der Waals surface area (Å²) in [4.78, 5) is 11.6. The molecule has 0 aromatic rings. The molecule has 0 spiro atoms. The van der Waals surface area contributed by atoms with E-state index in [-0.39, 0.29) is 30.1 Å². The Hall–Kier alpha value is -1.05. The van der Waals surface area contributed by atoms with Crippen LogP contribution in [-0.4, -0.2) is 36.7 Å². The van der Waals surface area contributed by atoms with Crippen LogP contribution in [0, 0.1) is 24.2 Å². The molecule has 1 aliphatic heterocycles. The molecule has 4 atom stereocenters. The third kappa shape index (κ3) is 3.16. The Morgan fingerprint density at radius 3 is 2.35 bits per heavy atom. The standard InChI is InChI=1S/C16H28N2O2/c1-8-16(17-7)14(18-12(6)19)13(9-10(2)3)20-15(16)11(4)5/h1,10-11,13-15,17H,9H2,2-7H3,(H,18,19)/t13-,14+,15+,16-/m1/s1. The number of likely N-dealkylation sites (N-methyl/N-ethyl adjacent to an activating group) is 1. The first-order valence-electron chi connectivity index (χ1n) is 7.37. The molecule has 20 heavy (non-hydrogen) atoms. The minimum absolute atomic E-state index is 0.0604. The summed E-state index contributed by atoms with van der Waals surface area (Å²) in [6.45, 7) is 10.0. The van der Waals surface area contributed by atoms with Crippen LogP contribution in [0.4, 0.5) is 0 Å². The number of hydrogen-bond donors (Lipinski definition) is 2. The highest BCUT2D eigenvalue weighted by atomic mass is 16.5. The second-order valence-corrected chi connectivity index (χ2v) is 6.41. The second kappa shape index (κ2) is 6.60. The molecule has 1 saturated heterocycles. The van der Waals surface area contributed by atoms with Gasteiger partial charge in [0, 0.05) is 6.92 Å². The zero-order chi connectivity index (χ0) is 15.5. The smallest absolute Gasteiger partial charge is 0.217 e. The Bertz CT molecular complexity index is 386. The highest BCUT2D eigenvalue weighted by molar-refractivity contribution is 5.73. The van der Waals surface area contributed by atoms with E-state index in [1.807, 2.05) is 7.05 Å². The number of nitrogens with one attached hydrogen (secondary N) is 2. The van der Waals surface area contributed by atoms with Gasteiger partial charge in [0.1, 0.15) is 5.54 Å². The average Bonchev–Trinajstić information content (AvgIpc) is 2.63. The van der Waals surface area contributed by atoms with Crippen molar-refractivity contribution in [2.75, 3.05) is 7.05 Å². The van der Waals surface area contributed by atoms with Crippen molar-refractivity contribution < 1.29 is 9.53 Å². The molecule has 0 aromatic heterocycles. The van der Waals surface area contributed by atoms with Crippen molar-refractivity contribution in [1.82, 2.24) is 10.6 Å². The summed E-state index contributed by atoms with van der Waals surface area (Å²) in [5, 5.41) is 6.25. The summed E-state index contributed by atoms with van der Waals surface area (Å²) >= 11 is 0. The van der Waals surface area contributed by atoms with Crippen LogP contribution in [0.25, 0.3) is 0 Å². The van der Waals surface area contributed by atoms with Crippen molar-refractivity contribution in [1.29, 1.82) is 0 Å². The minimum Gasteiger partial charge on any atom is -0.369 e. The van der Waals surface area contributed by atoms with Gasteiger partial charge < -0.3 is 15.4 Å². The van der Waals surface area contributed by atoms with Gasteiger partial charge in [-0.05, 0) is 25.3 Å². The molecule has 4 heteroatoms. The van der Waals surface area contributed by atoms with Crippen LogP contribution in [0.15, 0.2) is 0 Å². The Kier molecular flexibility index (Phi) is 5.61. The Morgan fingerprint density at radius 1 is 1.40 bits per heavy atom. The van der Waals surface area contributed by atoms with Crippen LogP contribution in [0.2, 0.25) is 0 Å². The van der Waals surface area contributed by atoms with Crippen molar-refractivity contribution in [3.63, 3.8) is 0 Å². The normalized spacial score (nSPS) is 33.5. The van der Waals surface area contributed by atoms with E-state index >= 15 is 0 Å². The molecule has 1 heterocycles. The van der Waals surface area contributed by atoms with Crippen LogP contribution < -0.4 is 10.6 Å². The number of rotatable bonds is 5. The lowest BCUT2D eigenvalue weighted by Gasteiger charge is -2.36. The van der Waals surface area contributed by atoms with E-state index in [0.29, 0.717) is 5.92 Å². The molecule has 0 unspecified atom stereocenters. The summed E-state index contributed by atoms with van der Waals surface area (Å²) < 4.78 is 6.23. The number of hydrogen-bond acceptors (Lipinski definition) is 3. The Labute approximate surface area is 123 Å². The van der Waals surface area contributed by atoms with E-state index in [4.69, 9.17) is 11.2 Å². The predicted octanol–water partition coefficient (Wildman–Crippen LogP) is 1.55. The summed E-state index contributed by atoms with van der Waals surface area (Å²) in [6, 6.07) is -0.204. The van der Waals surface area contributed by atoms with Crippen LogP contribution in [-0.2, 0) is 9.53 Å². The zero-order valence-electron chi connectivity index (χ0n) is 13.5. The fraction of sp³-hybridized carbons (Fsp3) is 0.812. The Balaban J connectivity index is 3.17. The van der Waals surface area contributed by atoms with Crippen LogP contribution in [0.3, 0.4) is 0 Å². The highest BCUT2D eigenvalue weighted by Gasteiger charge is 2.56. The lowest BCUT2D eigenvalue weighted by atomic mass is 9.79. The van der Waals surface area contributed by atoms with Crippen LogP contribution >= 0.6 is 0 Å². The van der Waals surface area contributed by atoms with Gasteiger partial charge in [0.05, 0.1) is 18.2 Å². The molecule has 1 amide bonds. The fourth-order valence-corrected chi connectivity index (χ4v) is 3.15. The maximum atomic E-state index is 11.6. The monoisotopic (exact) mass is 280 g/mol. The quantitative estimate of drug-likeness (QED) is 0.751. The van der Waals surface area contributed by atoms with Crippen molar-refractivity contribution >= 4 is 5.91 Å². The molecule has 1 fully saturated rings. The van der Waals surface area contributed by atoms with Gasteiger partial charge in [-0.1, -0.05) is 33.6 Å². The van der Waals surface area contributed by atoms with Gasteiger partial charge in [-0.15, -0.1) is 6.42 Å². The first-order valence-corrected chi connectivity index (χ1v) is 7.37. The van der Waals surface area contributed by atoms with E-state index in [0.717, 1.165) is 6.42 Å². The van der Waals surface area contributed by atoms with Crippen molar-refractivity contribution in [3.05, 3.63) is 0 Å². The molecule has 1 aliphatic rings. The van der Waals surface area contributed by atoms with E-state index in [9.17, 15) is 4.79 Å². The number of ether oxygens (including phenoxy) is 1. The van der Waals surface area contributed by atoms with E-state index < -0.39 is 5.54 Å². The summed E-state index contributed by atoms with van der Waals surface area (Å²) in [7, 11) is 1.84. The first kappa shape index (κ1) is 17.0. The van der Waals surface area contributed by atoms with Crippen molar-refractivity contribution in [2.24, 2.45) is 11.8 Å². The second-order valence-electron chi connectivity index (χ2n) is 6.41. The van der Waals surface area contributed by atoms with Gasteiger partial charge in [-0.2, -0.15) is 0 Å². The van der Waals surface area contributed by atoms with Gasteiger partial charge >= 0.3 is 0 Å². The molecule has 2 N–H and O–H groups in total. The maximum Gasteiger partial charge on any atom is 0.217 e. The molecule has 4 nitrogen and oxygen atoms in total. The van der Waals surface area contributed by atoms with Crippen molar-refractivity contribution in [3.8, 4) is 12.3 Å². The topological polar surface area (TPSA) is 50.4 Å². The molecule has 0 saturated carbocycles. The number of terminal acetylenes is 1. The SMILES string of the molecule is C#C[C@]1(NC)[C@H](C(C)C)O[C@H](CC(C)C)[C@@H]1NC(C)=O. The summed E-state index contributed by atoms with van der Waals surface area (Å²) in [5.41, 5.74) is -0.653. The molecular formula is C16H28N2O2. The molecular weight excluding hydrogens is 252 g/mol. The lowest BCUT2D eigenvalue weighted by molar-refractivity contribution is -0.120. The third-order valence-electron chi connectivity index (χ3n) is 3.95. The van der Waals surface area contributed by atoms with E-state index in [1.54, 1.807) is 0 Å². The van der Waals surface area contributed by atoms with E-state index in [2.05, 4.69) is 44.2 Å². The molecule has 0 aliphatic carbocycles. The lowest BCUT2D eigenvalue weighted by Crippen LogP contribution is -2.63. The summed E-state index contributed by atoms with van der Waals surface area (Å²) in [5.74, 6) is 3.54. The average molecular weight is 280 g/mol. The van der Waals surface area contributed by atoms with Gasteiger partial charge in [0.15, 0.2) is 0 Å². The summed E-state index contributed by atoms with van der Waals surface area (Å²) in [6.07, 6.45) is 6.52. The first-order chi connectivity index (χ1) is 9.28. The van der Waals surface area contributed by atoms with E-state index in [1.165, 1.54) is 6.92 Å². The Morgan fingerprint density at radius 2 is 2.00 bits per heavy atom. The van der Waals surface area contributed by atoms with Gasteiger partial charge in [0.25, 0.3) is 0 Å². The minimum atomic E-state index is -0.653. The molecule has 0 aromatic carbocycles. The van der Waals surface area contributed by atoms with Gasteiger partial charge in [0.2, 0.25) is 5.91 Å². The maximum absolute atomic E-state index is 11.6. The molecule has 1 rings (SSSR count). The molecule has 0 radical (unpaired) electrons. The number of carbonyl (C=O) groups excluding carboxylic acids is 1. The highest BCUT2D eigenvalue weighted by Crippen LogP contribution is 2.37. The predicted molar refractivity (Wildman–Crippen MR) is 81.2 cm³/mol. The van der Waals surface area contributed by atoms with Crippen LogP contribution in [0.5, 0.6) is 0 Å². The van der Waals surface area contributed by atoms with Crippen molar-refractivity contribution in [2.45, 2.75) is 64.8 Å². The zero-order valence-corrected chi connectivity index (χ0v) is 13.5. The van der Waals surface area contributed by atoms with Gasteiger partial charge in [-0.25, -0.2) is 0 Å². The largest absolute Gasteiger partial charge is 0.369 e.